The van der Waals surface area contributed by atoms with Crippen molar-refractivity contribution < 1.29 is 14.5 Å². The zero-order valence-electron chi connectivity index (χ0n) is 14.2. The van der Waals surface area contributed by atoms with E-state index in [-0.39, 0.29) is 17.6 Å². The van der Waals surface area contributed by atoms with Crippen LogP contribution in [0.15, 0.2) is 46.6 Å². The van der Waals surface area contributed by atoms with Crippen molar-refractivity contribution in [2.24, 2.45) is 5.92 Å². The molecule has 3 rings (SSSR count). The number of anilines is 1. The van der Waals surface area contributed by atoms with E-state index in [1.54, 1.807) is 0 Å². The maximum absolute atomic E-state index is 11.7. The Balaban J connectivity index is 1.85. The first-order chi connectivity index (χ1) is 12.6. The van der Waals surface area contributed by atoms with Crippen molar-refractivity contribution in [3.8, 4) is 0 Å². The SMILES string of the molecule is COC(=O)C1CCN(c2ncnc(Sc3ccccc3)c2[N+](=O)[O-])CC1. The van der Waals surface area contributed by atoms with E-state index in [0.717, 1.165) is 4.90 Å². The van der Waals surface area contributed by atoms with E-state index < -0.39 is 4.92 Å². The van der Waals surface area contributed by atoms with Crippen LogP contribution in [0, 0.1) is 16.0 Å². The fraction of sp³-hybridized carbons (Fsp3) is 0.353. The van der Waals surface area contributed by atoms with Gasteiger partial charge in [-0.05, 0) is 25.0 Å². The zero-order valence-corrected chi connectivity index (χ0v) is 15.0. The molecule has 1 aliphatic rings. The molecule has 1 aliphatic heterocycles. The summed E-state index contributed by atoms with van der Waals surface area (Å²) >= 11 is 1.24. The summed E-state index contributed by atoms with van der Waals surface area (Å²) in [6, 6.07) is 9.37. The fourth-order valence-corrected chi connectivity index (χ4v) is 3.79. The lowest BCUT2D eigenvalue weighted by Crippen LogP contribution is -2.37. The predicted octanol–water partition coefficient (Wildman–Crippen LogP) is 2.93. The molecule has 0 saturated carbocycles. The average Bonchev–Trinajstić information content (AvgIpc) is 2.68. The van der Waals surface area contributed by atoms with Crippen LogP contribution in [0.3, 0.4) is 0 Å². The molecule has 0 spiro atoms. The Kier molecular flexibility index (Phi) is 5.67. The van der Waals surface area contributed by atoms with Gasteiger partial charge in [0.05, 0.1) is 18.0 Å². The van der Waals surface area contributed by atoms with Gasteiger partial charge in [0.15, 0.2) is 5.03 Å². The van der Waals surface area contributed by atoms with E-state index >= 15 is 0 Å². The Morgan fingerprint density at radius 1 is 1.27 bits per heavy atom. The van der Waals surface area contributed by atoms with Crippen LogP contribution in [-0.2, 0) is 9.53 Å². The van der Waals surface area contributed by atoms with Gasteiger partial charge >= 0.3 is 11.7 Å². The van der Waals surface area contributed by atoms with Gasteiger partial charge in [-0.15, -0.1) is 0 Å². The first kappa shape index (κ1) is 18.1. The van der Waals surface area contributed by atoms with E-state index in [1.807, 2.05) is 35.2 Å². The molecule has 8 nitrogen and oxygen atoms in total. The first-order valence-electron chi connectivity index (χ1n) is 8.15. The van der Waals surface area contributed by atoms with Crippen LogP contribution in [0.4, 0.5) is 11.5 Å². The maximum atomic E-state index is 11.7. The Labute approximate surface area is 154 Å². The number of carbonyl (C=O) groups excluding carboxylic acids is 1. The van der Waals surface area contributed by atoms with Gasteiger partial charge in [-0.1, -0.05) is 30.0 Å². The number of hydrogen-bond acceptors (Lipinski definition) is 8. The number of methoxy groups -OCH3 is 1. The third-order valence-corrected chi connectivity index (χ3v) is 5.24. The molecule has 9 heteroatoms. The molecule has 0 aliphatic carbocycles. The molecule has 0 amide bonds. The minimum absolute atomic E-state index is 0.0992. The summed E-state index contributed by atoms with van der Waals surface area (Å²) in [5.74, 6) is -0.107. The van der Waals surface area contributed by atoms with E-state index in [9.17, 15) is 14.9 Å². The molecule has 0 N–H and O–H groups in total. The molecular weight excluding hydrogens is 356 g/mol. The summed E-state index contributed by atoms with van der Waals surface area (Å²) in [5.41, 5.74) is -0.0992. The molecule has 2 heterocycles. The summed E-state index contributed by atoms with van der Waals surface area (Å²) in [6.07, 6.45) is 2.50. The number of nitrogens with zero attached hydrogens (tertiary/aromatic N) is 4. The molecule has 0 radical (unpaired) electrons. The molecule has 1 fully saturated rings. The second-order valence-electron chi connectivity index (χ2n) is 5.81. The summed E-state index contributed by atoms with van der Waals surface area (Å²) in [4.78, 5) is 33.9. The van der Waals surface area contributed by atoms with Crippen LogP contribution in [0.5, 0.6) is 0 Å². The van der Waals surface area contributed by atoms with Crippen LogP contribution >= 0.6 is 11.8 Å². The highest BCUT2D eigenvalue weighted by atomic mass is 32.2. The third kappa shape index (κ3) is 3.93. The average molecular weight is 374 g/mol. The monoisotopic (exact) mass is 374 g/mol. The Morgan fingerprint density at radius 2 is 1.96 bits per heavy atom. The summed E-state index contributed by atoms with van der Waals surface area (Å²) in [7, 11) is 1.37. The van der Waals surface area contributed by atoms with E-state index in [1.165, 1.54) is 25.2 Å². The van der Waals surface area contributed by atoms with Crippen LogP contribution in [0.25, 0.3) is 0 Å². The fourth-order valence-electron chi connectivity index (χ4n) is 2.91. The number of piperidine rings is 1. The van der Waals surface area contributed by atoms with Gasteiger partial charge in [-0.25, -0.2) is 9.97 Å². The van der Waals surface area contributed by atoms with Crippen molar-refractivity contribution in [3.05, 3.63) is 46.8 Å². The Hall–Kier alpha value is -2.68. The molecule has 0 atom stereocenters. The number of rotatable bonds is 5. The van der Waals surface area contributed by atoms with E-state index in [2.05, 4.69) is 9.97 Å². The van der Waals surface area contributed by atoms with Gasteiger partial charge in [0.1, 0.15) is 6.33 Å². The van der Waals surface area contributed by atoms with Gasteiger partial charge in [0.2, 0.25) is 5.82 Å². The van der Waals surface area contributed by atoms with Crippen LogP contribution in [0.2, 0.25) is 0 Å². The highest BCUT2D eigenvalue weighted by Gasteiger charge is 2.32. The van der Waals surface area contributed by atoms with Gasteiger partial charge in [-0.3, -0.25) is 14.9 Å². The number of aromatic nitrogens is 2. The third-order valence-electron chi connectivity index (χ3n) is 4.24. The Bertz CT molecular complexity index is 795. The number of ether oxygens (including phenoxy) is 1. The van der Waals surface area contributed by atoms with Crippen LogP contribution < -0.4 is 4.90 Å². The minimum atomic E-state index is -0.437. The molecule has 1 saturated heterocycles. The van der Waals surface area contributed by atoms with Crippen molar-refractivity contribution in [2.75, 3.05) is 25.1 Å². The second-order valence-corrected chi connectivity index (χ2v) is 6.87. The largest absolute Gasteiger partial charge is 0.469 e. The highest BCUT2D eigenvalue weighted by molar-refractivity contribution is 7.99. The standard InChI is InChI=1S/C17H18N4O4S/c1-25-17(22)12-7-9-20(10-8-12)15-14(21(23)24)16(19-11-18-15)26-13-5-3-2-4-6-13/h2-6,11-12H,7-10H2,1H3. The van der Waals surface area contributed by atoms with Crippen molar-refractivity contribution in [1.29, 1.82) is 0 Å². The molecule has 2 aromatic rings. The zero-order chi connectivity index (χ0) is 18.5. The predicted molar refractivity (Wildman–Crippen MR) is 96.2 cm³/mol. The summed E-state index contributed by atoms with van der Waals surface area (Å²) in [5, 5.41) is 12.0. The van der Waals surface area contributed by atoms with Crippen molar-refractivity contribution in [1.82, 2.24) is 9.97 Å². The smallest absolute Gasteiger partial charge is 0.343 e. The second kappa shape index (κ2) is 8.13. The summed E-state index contributed by atoms with van der Waals surface area (Å²) < 4.78 is 4.78. The van der Waals surface area contributed by atoms with Gasteiger partial charge < -0.3 is 9.64 Å². The normalized spacial score (nSPS) is 14.9. The lowest BCUT2D eigenvalue weighted by Gasteiger charge is -2.31. The van der Waals surface area contributed by atoms with Crippen molar-refractivity contribution >= 4 is 29.2 Å². The number of hydrogen-bond donors (Lipinski definition) is 0. The number of nitro groups is 1. The van der Waals surface area contributed by atoms with E-state index in [4.69, 9.17) is 4.74 Å². The lowest BCUT2D eigenvalue weighted by molar-refractivity contribution is -0.387. The highest BCUT2D eigenvalue weighted by Crippen LogP contribution is 2.38. The molecule has 26 heavy (non-hydrogen) atoms. The van der Waals surface area contributed by atoms with Gasteiger partial charge in [-0.2, -0.15) is 0 Å². The van der Waals surface area contributed by atoms with Crippen molar-refractivity contribution in [3.63, 3.8) is 0 Å². The number of esters is 1. The molecule has 1 aromatic heterocycles. The molecule has 0 unspecified atom stereocenters. The number of carbonyl (C=O) groups is 1. The van der Waals surface area contributed by atoms with Crippen LogP contribution in [-0.4, -0.2) is 41.1 Å². The van der Waals surface area contributed by atoms with Crippen LogP contribution in [0.1, 0.15) is 12.8 Å². The molecule has 136 valence electrons. The quantitative estimate of drug-likeness (QED) is 0.341. The minimum Gasteiger partial charge on any atom is -0.469 e. The van der Waals surface area contributed by atoms with E-state index in [0.29, 0.717) is 36.8 Å². The number of benzene rings is 1. The van der Waals surface area contributed by atoms with Gasteiger partial charge in [0, 0.05) is 18.0 Å². The Morgan fingerprint density at radius 3 is 2.58 bits per heavy atom. The van der Waals surface area contributed by atoms with Gasteiger partial charge in [0.25, 0.3) is 0 Å². The summed E-state index contributed by atoms with van der Waals surface area (Å²) in [6.45, 7) is 1.01. The van der Waals surface area contributed by atoms with Crippen molar-refractivity contribution in [2.45, 2.75) is 22.8 Å². The molecule has 1 aromatic carbocycles. The lowest BCUT2D eigenvalue weighted by atomic mass is 9.97. The topological polar surface area (TPSA) is 98.5 Å². The molecule has 0 bridgehead atoms. The molecular formula is C17H18N4O4S. The first-order valence-corrected chi connectivity index (χ1v) is 8.97. The maximum Gasteiger partial charge on any atom is 0.343 e.